The molecule has 2 heterocycles. The van der Waals surface area contributed by atoms with Crippen LogP contribution in [-0.4, -0.2) is 40.5 Å². The van der Waals surface area contributed by atoms with Gasteiger partial charge in [-0.2, -0.15) is 0 Å². The topological polar surface area (TPSA) is 115 Å². The van der Waals surface area contributed by atoms with Crippen LogP contribution in [0.25, 0.3) is 16.2 Å². The normalized spacial score (nSPS) is 15.3. The fourth-order valence-corrected chi connectivity index (χ4v) is 5.79. The van der Waals surface area contributed by atoms with E-state index in [2.05, 4.69) is 15.0 Å². The highest BCUT2D eigenvalue weighted by atomic mass is 32.2. The summed E-state index contributed by atoms with van der Waals surface area (Å²) in [5.41, 5.74) is 0.385. The fourth-order valence-electron chi connectivity index (χ4n) is 3.39. The molecular weight excluding hydrogens is 438 g/mol. The molecule has 1 aromatic carbocycles. The van der Waals surface area contributed by atoms with Gasteiger partial charge < -0.3 is 5.32 Å². The Morgan fingerprint density at radius 3 is 2.71 bits per heavy atom. The summed E-state index contributed by atoms with van der Waals surface area (Å²) in [6.45, 7) is 4.32. The molecule has 0 atom stereocenters. The Bertz CT molecular complexity index is 1320. The highest BCUT2D eigenvalue weighted by molar-refractivity contribution is 7.89. The van der Waals surface area contributed by atoms with Crippen molar-refractivity contribution < 1.29 is 13.2 Å². The molecule has 4 rings (SSSR count). The van der Waals surface area contributed by atoms with Crippen LogP contribution in [0.4, 0.5) is 0 Å². The van der Waals surface area contributed by atoms with E-state index in [9.17, 15) is 18.0 Å². The van der Waals surface area contributed by atoms with Crippen LogP contribution in [0.1, 0.15) is 38.0 Å². The van der Waals surface area contributed by atoms with Gasteiger partial charge in [-0.15, -0.1) is 11.3 Å². The van der Waals surface area contributed by atoms with Crippen LogP contribution in [-0.2, 0) is 28.3 Å². The number of imidazole rings is 1. The number of hydrogen-bond donors (Lipinski definition) is 2. The van der Waals surface area contributed by atoms with Crippen LogP contribution in [0.3, 0.4) is 0 Å². The molecule has 0 radical (unpaired) electrons. The van der Waals surface area contributed by atoms with Gasteiger partial charge in [0, 0.05) is 36.6 Å². The predicted octanol–water partition coefficient (Wildman–Crippen LogP) is 1.69. The Balaban J connectivity index is 1.70. The molecule has 1 saturated carbocycles. The number of benzene rings is 1. The summed E-state index contributed by atoms with van der Waals surface area (Å²) in [5.74, 6) is -0.0357. The zero-order chi connectivity index (χ0) is 22.4. The van der Waals surface area contributed by atoms with Gasteiger partial charge >= 0.3 is 5.69 Å². The van der Waals surface area contributed by atoms with E-state index in [1.807, 2.05) is 13.8 Å². The molecule has 0 bridgehead atoms. The standard InChI is InChI=1S/C20H25N5O4S2/c1-4-21-17(26)8-5-13-12-22-18(30-13)25-16-11-14(6-7-15(16)24(3)19(25)27)31(28,29)23-20(2)9-10-20/h6-7,11-12,23H,4-5,8-10H2,1-3H3,(H,21,26). The van der Waals surface area contributed by atoms with Crippen LogP contribution in [0.5, 0.6) is 0 Å². The number of thiazole rings is 1. The monoisotopic (exact) mass is 463 g/mol. The van der Waals surface area contributed by atoms with E-state index in [0.717, 1.165) is 17.7 Å². The summed E-state index contributed by atoms with van der Waals surface area (Å²) in [4.78, 5) is 30.0. The lowest BCUT2D eigenvalue weighted by Crippen LogP contribution is -2.34. The van der Waals surface area contributed by atoms with Crippen molar-refractivity contribution in [1.82, 2.24) is 24.2 Å². The van der Waals surface area contributed by atoms with E-state index >= 15 is 0 Å². The van der Waals surface area contributed by atoms with Gasteiger partial charge in [-0.1, -0.05) is 0 Å². The molecule has 0 aliphatic heterocycles. The first-order valence-electron chi connectivity index (χ1n) is 10.1. The van der Waals surface area contributed by atoms with E-state index in [1.54, 1.807) is 19.3 Å². The number of carbonyl (C=O) groups excluding carboxylic acids is 1. The minimum Gasteiger partial charge on any atom is -0.356 e. The first-order valence-corrected chi connectivity index (χ1v) is 12.4. The molecular formula is C20H25N5O4S2. The number of aromatic nitrogens is 3. The number of amides is 1. The Labute approximate surface area is 184 Å². The van der Waals surface area contributed by atoms with E-state index in [1.165, 1.54) is 32.6 Å². The summed E-state index contributed by atoms with van der Waals surface area (Å²) >= 11 is 1.32. The lowest BCUT2D eigenvalue weighted by molar-refractivity contribution is -0.120. The third-order valence-electron chi connectivity index (χ3n) is 5.42. The highest BCUT2D eigenvalue weighted by Crippen LogP contribution is 2.36. The van der Waals surface area contributed by atoms with Crippen molar-refractivity contribution in [1.29, 1.82) is 0 Å². The van der Waals surface area contributed by atoms with Crippen LogP contribution < -0.4 is 15.7 Å². The van der Waals surface area contributed by atoms with Gasteiger partial charge in [-0.05, 0) is 51.3 Å². The minimum atomic E-state index is -3.70. The Kier molecular flexibility index (Phi) is 5.52. The van der Waals surface area contributed by atoms with E-state index < -0.39 is 15.6 Å². The number of nitrogens with one attached hydrogen (secondary N) is 2. The number of nitrogens with zero attached hydrogens (tertiary/aromatic N) is 3. The maximum Gasteiger partial charge on any atom is 0.335 e. The molecule has 0 unspecified atom stereocenters. The maximum atomic E-state index is 12.9. The molecule has 9 nitrogen and oxygen atoms in total. The predicted molar refractivity (Wildman–Crippen MR) is 119 cm³/mol. The number of rotatable bonds is 8. The van der Waals surface area contributed by atoms with E-state index in [4.69, 9.17) is 0 Å². The van der Waals surface area contributed by atoms with Gasteiger partial charge in [-0.25, -0.2) is 27.5 Å². The highest BCUT2D eigenvalue weighted by Gasteiger charge is 2.41. The summed E-state index contributed by atoms with van der Waals surface area (Å²) in [6.07, 6.45) is 4.13. The van der Waals surface area contributed by atoms with Gasteiger partial charge in [0.15, 0.2) is 5.13 Å². The summed E-state index contributed by atoms with van der Waals surface area (Å²) in [6, 6.07) is 4.67. The number of carbonyl (C=O) groups is 1. The lowest BCUT2D eigenvalue weighted by Gasteiger charge is -2.12. The average Bonchev–Trinajstić information content (AvgIpc) is 3.15. The largest absolute Gasteiger partial charge is 0.356 e. The third kappa shape index (κ3) is 4.30. The molecule has 2 N–H and O–H groups in total. The number of hydrogen-bond acceptors (Lipinski definition) is 6. The van der Waals surface area contributed by atoms with Crippen molar-refractivity contribution in [3.05, 3.63) is 39.8 Å². The van der Waals surface area contributed by atoms with Crippen molar-refractivity contribution in [2.45, 2.75) is 50.0 Å². The first-order chi connectivity index (χ1) is 14.6. The van der Waals surface area contributed by atoms with Gasteiger partial charge in [0.2, 0.25) is 15.9 Å². The quantitative estimate of drug-likeness (QED) is 0.527. The second-order valence-corrected chi connectivity index (χ2v) is 10.8. The summed E-state index contributed by atoms with van der Waals surface area (Å²) in [5, 5.41) is 3.20. The molecule has 166 valence electrons. The molecule has 0 saturated heterocycles. The summed E-state index contributed by atoms with van der Waals surface area (Å²) < 4.78 is 31.3. The summed E-state index contributed by atoms with van der Waals surface area (Å²) in [7, 11) is -2.06. The van der Waals surface area contributed by atoms with Crippen molar-refractivity contribution >= 4 is 38.3 Å². The molecule has 1 amide bonds. The Morgan fingerprint density at radius 2 is 2.03 bits per heavy atom. The average molecular weight is 464 g/mol. The smallest absolute Gasteiger partial charge is 0.335 e. The van der Waals surface area contributed by atoms with E-state index in [-0.39, 0.29) is 16.5 Å². The van der Waals surface area contributed by atoms with Crippen molar-refractivity contribution in [3.8, 4) is 5.13 Å². The van der Waals surface area contributed by atoms with Crippen LogP contribution in [0, 0.1) is 0 Å². The number of fused-ring (bicyclic) bond motifs is 1. The van der Waals surface area contributed by atoms with Crippen LogP contribution in [0.2, 0.25) is 0 Å². The van der Waals surface area contributed by atoms with Gasteiger partial charge in [0.05, 0.1) is 15.9 Å². The Hall–Kier alpha value is -2.50. The molecule has 31 heavy (non-hydrogen) atoms. The molecule has 2 aromatic heterocycles. The van der Waals surface area contributed by atoms with Gasteiger partial charge in [0.25, 0.3) is 0 Å². The number of aryl methyl sites for hydroxylation is 2. The van der Waals surface area contributed by atoms with Gasteiger partial charge in [0.1, 0.15) is 0 Å². The molecule has 3 aromatic rings. The lowest BCUT2D eigenvalue weighted by atomic mass is 10.3. The molecule has 1 fully saturated rings. The fraction of sp³-hybridized carbons (Fsp3) is 0.450. The van der Waals surface area contributed by atoms with Crippen LogP contribution >= 0.6 is 11.3 Å². The first kappa shape index (κ1) is 21.7. The second-order valence-electron chi connectivity index (χ2n) is 8.06. The van der Waals surface area contributed by atoms with Crippen molar-refractivity contribution in [2.24, 2.45) is 7.05 Å². The van der Waals surface area contributed by atoms with Crippen molar-refractivity contribution in [2.75, 3.05) is 6.54 Å². The third-order valence-corrected chi connectivity index (χ3v) is 8.10. The second kappa shape index (κ2) is 7.88. The molecule has 11 heteroatoms. The molecule has 1 aliphatic carbocycles. The van der Waals surface area contributed by atoms with E-state index in [0.29, 0.717) is 35.6 Å². The number of sulfonamides is 1. The maximum absolute atomic E-state index is 12.9. The zero-order valence-corrected chi connectivity index (χ0v) is 19.3. The Morgan fingerprint density at radius 1 is 1.29 bits per heavy atom. The van der Waals surface area contributed by atoms with Crippen molar-refractivity contribution in [3.63, 3.8) is 0 Å². The molecule has 1 aliphatic rings. The molecule has 0 spiro atoms. The zero-order valence-electron chi connectivity index (χ0n) is 17.6. The SMILES string of the molecule is CCNC(=O)CCc1cnc(-n2c(=O)n(C)c3ccc(S(=O)(=O)NC4(C)CC4)cc32)s1. The minimum absolute atomic E-state index is 0.0357. The van der Waals surface area contributed by atoms with Gasteiger partial charge in [-0.3, -0.25) is 9.36 Å². The van der Waals surface area contributed by atoms with Crippen LogP contribution in [0.15, 0.2) is 34.1 Å².